The number of benzene rings is 2. The van der Waals surface area contributed by atoms with Crippen LogP contribution in [0.15, 0.2) is 48.5 Å². The molecule has 0 aliphatic heterocycles. The fourth-order valence-electron chi connectivity index (χ4n) is 1.85. The first-order valence-electron chi connectivity index (χ1n) is 6.07. The molecule has 0 aliphatic carbocycles. The molecular formula is C15H14F3NO. The van der Waals surface area contributed by atoms with Gasteiger partial charge in [0.15, 0.2) is 0 Å². The highest BCUT2D eigenvalue weighted by Gasteiger charge is 2.32. The molecule has 20 heavy (non-hydrogen) atoms. The van der Waals surface area contributed by atoms with Crippen molar-refractivity contribution in [2.45, 2.75) is 19.3 Å². The molecule has 0 atom stereocenters. The van der Waals surface area contributed by atoms with Gasteiger partial charge in [-0.3, -0.25) is 0 Å². The van der Waals surface area contributed by atoms with Crippen molar-refractivity contribution in [1.29, 1.82) is 0 Å². The van der Waals surface area contributed by atoms with Crippen molar-refractivity contribution in [2.24, 2.45) is 5.73 Å². The summed E-state index contributed by atoms with van der Waals surface area (Å²) in [6.45, 7) is 0.222. The Kier molecular flexibility index (Phi) is 4.29. The van der Waals surface area contributed by atoms with E-state index in [1.807, 2.05) is 6.07 Å². The molecule has 2 aromatic rings. The van der Waals surface area contributed by atoms with Crippen LogP contribution in [0.1, 0.15) is 16.7 Å². The van der Waals surface area contributed by atoms with Crippen LogP contribution in [-0.2, 0) is 19.3 Å². The molecule has 0 saturated carbocycles. The Morgan fingerprint density at radius 2 is 1.75 bits per heavy atom. The van der Waals surface area contributed by atoms with E-state index in [1.165, 1.54) is 12.1 Å². The Hall–Kier alpha value is -2.01. The minimum atomic E-state index is -4.38. The van der Waals surface area contributed by atoms with Crippen LogP contribution in [0.3, 0.4) is 0 Å². The second kappa shape index (κ2) is 5.96. The van der Waals surface area contributed by atoms with E-state index in [0.29, 0.717) is 12.3 Å². The van der Waals surface area contributed by atoms with E-state index in [4.69, 9.17) is 10.5 Å². The molecule has 0 bridgehead atoms. The van der Waals surface area contributed by atoms with Crippen molar-refractivity contribution in [3.05, 3.63) is 65.2 Å². The first-order chi connectivity index (χ1) is 9.50. The average molecular weight is 281 g/mol. The molecule has 0 spiro atoms. The summed E-state index contributed by atoms with van der Waals surface area (Å²) in [4.78, 5) is 0. The summed E-state index contributed by atoms with van der Waals surface area (Å²) in [5.41, 5.74) is 5.81. The van der Waals surface area contributed by atoms with Gasteiger partial charge in [-0.05, 0) is 23.8 Å². The molecule has 2 aromatic carbocycles. The maximum Gasteiger partial charge on any atom is 0.416 e. The summed E-state index contributed by atoms with van der Waals surface area (Å²) in [6, 6.07) is 12.4. The number of rotatable bonds is 4. The molecule has 0 amide bonds. The maximum absolute atomic E-state index is 12.8. The lowest BCUT2D eigenvalue weighted by molar-refractivity contribution is -0.138. The van der Waals surface area contributed by atoms with E-state index in [1.54, 1.807) is 24.3 Å². The third kappa shape index (κ3) is 3.51. The van der Waals surface area contributed by atoms with E-state index in [-0.39, 0.29) is 12.2 Å². The summed E-state index contributed by atoms with van der Waals surface area (Å²) < 4.78 is 43.9. The van der Waals surface area contributed by atoms with Crippen LogP contribution in [0.4, 0.5) is 13.2 Å². The SMILES string of the molecule is NCc1cccc(OCc2ccccc2C(F)(F)F)c1. The van der Waals surface area contributed by atoms with Crippen LogP contribution in [-0.4, -0.2) is 0 Å². The molecule has 0 unspecified atom stereocenters. The molecule has 0 heterocycles. The minimum absolute atomic E-state index is 0.109. The molecule has 2 N–H and O–H groups in total. The van der Waals surface area contributed by atoms with E-state index in [2.05, 4.69) is 0 Å². The molecule has 0 saturated heterocycles. The molecule has 0 aliphatic rings. The fourth-order valence-corrected chi connectivity index (χ4v) is 1.85. The quantitative estimate of drug-likeness (QED) is 0.926. The monoisotopic (exact) mass is 281 g/mol. The largest absolute Gasteiger partial charge is 0.489 e. The molecule has 0 radical (unpaired) electrons. The molecule has 5 heteroatoms. The molecule has 2 nitrogen and oxygen atoms in total. The van der Waals surface area contributed by atoms with Crippen molar-refractivity contribution in [3.8, 4) is 5.75 Å². The maximum atomic E-state index is 12.8. The third-order valence-corrected chi connectivity index (χ3v) is 2.85. The number of hydrogen-bond acceptors (Lipinski definition) is 2. The zero-order valence-electron chi connectivity index (χ0n) is 10.7. The smallest absolute Gasteiger partial charge is 0.416 e. The van der Waals surface area contributed by atoms with Crippen LogP contribution < -0.4 is 10.5 Å². The highest BCUT2D eigenvalue weighted by Crippen LogP contribution is 2.32. The number of hydrogen-bond donors (Lipinski definition) is 1. The van der Waals surface area contributed by atoms with Crippen LogP contribution in [0.2, 0.25) is 0 Å². The van der Waals surface area contributed by atoms with Crippen molar-refractivity contribution in [2.75, 3.05) is 0 Å². The van der Waals surface area contributed by atoms with Crippen molar-refractivity contribution < 1.29 is 17.9 Å². The van der Waals surface area contributed by atoms with Gasteiger partial charge in [0, 0.05) is 12.1 Å². The molecular weight excluding hydrogens is 267 g/mol. The van der Waals surface area contributed by atoms with Crippen LogP contribution in [0, 0.1) is 0 Å². The fraction of sp³-hybridized carbons (Fsp3) is 0.200. The standard InChI is InChI=1S/C15H14F3NO/c16-15(17,18)14-7-2-1-5-12(14)10-20-13-6-3-4-11(8-13)9-19/h1-8H,9-10,19H2. The summed E-state index contributed by atoms with van der Waals surface area (Å²) >= 11 is 0. The minimum Gasteiger partial charge on any atom is -0.489 e. The number of nitrogens with two attached hydrogens (primary N) is 1. The summed E-state index contributed by atoms with van der Waals surface area (Å²) in [5.74, 6) is 0.505. The van der Waals surface area contributed by atoms with Gasteiger partial charge in [0.2, 0.25) is 0 Å². The van der Waals surface area contributed by atoms with Gasteiger partial charge < -0.3 is 10.5 Å². The van der Waals surface area contributed by atoms with Crippen LogP contribution in [0.5, 0.6) is 5.75 Å². The summed E-state index contributed by atoms with van der Waals surface area (Å²) in [5, 5.41) is 0. The highest BCUT2D eigenvalue weighted by molar-refractivity contribution is 5.31. The van der Waals surface area contributed by atoms with Gasteiger partial charge in [-0.25, -0.2) is 0 Å². The summed E-state index contributed by atoms with van der Waals surface area (Å²) in [7, 11) is 0. The second-order valence-corrected chi connectivity index (χ2v) is 4.30. The predicted molar refractivity (Wildman–Crippen MR) is 70.1 cm³/mol. The normalized spacial score (nSPS) is 11.4. The van der Waals surface area contributed by atoms with Crippen LogP contribution >= 0.6 is 0 Å². The predicted octanol–water partition coefficient (Wildman–Crippen LogP) is 3.74. The van der Waals surface area contributed by atoms with E-state index in [9.17, 15) is 13.2 Å². The van der Waals surface area contributed by atoms with Gasteiger partial charge in [0.25, 0.3) is 0 Å². The molecule has 0 aromatic heterocycles. The molecule has 0 fully saturated rings. The Morgan fingerprint density at radius 1 is 1.00 bits per heavy atom. The Labute approximate surface area is 115 Å². The Balaban J connectivity index is 2.15. The topological polar surface area (TPSA) is 35.2 Å². The number of halogens is 3. The van der Waals surface area contributed by atoms with Gasteiger partial charge in [-0.2, -0.15) is 13.2 Å². The first kappa shape index (κ1) is 14.4. The zero-order chi connectivity index (χ0) is 14.6. The van der Waals surface area contributed by atoms with E-state index in [0.717, 1.165) is 11.6 Å². The average Bonchev–Trinajstić information content (AvgIpc) is 2.44. The third-order valence-electron chi connectivity index (χ3n) is 2.85. The molecule has 2 rings (SSSR count). The van der Waals surface area contributed by atoms with Crippen molar-refractivity contribution in [1.82, 2.24) is 0 Å². The highest BCUT2D eigenvalue weighted by atomic mass is 19.4. The van der Waals surface area contributed by atoms with E-state index >= 15 is 0 Å². The van der Waals surface area contributed by atoms with Crippen LogP contribution in [0.25, 0.3) is 0 Å². The Morgan fingerprint density at radius 3 is 2.45 bits per heavy atom. The van der Waals surface area contributed by atoms with Gasteiger partial charge >= 0.3 is 6.18 Å². The Bertz CT molecular complexity index is 581. The lowest BCUT2D eigenvalue weighted by atomic mass is 10.1. The van der Waals surface area contributed by atoms with Gasteiger partial charge in [-0.1, -0.05) is 30.3 Å². The van der Waals surface area contributed by atoms with Gasteiger partial charge in [-0.15, -0.1) is 0 Å². The van der Waals surface area contributed by atoms with E-state index < -0.39 is 11.7 Å². The number of alkyl halides is 3. The zero-order valence-corrected chi connectivity index (χ0v) is 10.7. The first-order valence-corrected chi connectivity index (χ1v) is 6.07. The lowest BCUT2D eigenvalue weighted by Crippen LogP contribution is -2.10. The van der Waals surface area contributed by atoms with Crippen molar-refractivity contribution in [3.63, 3.8) is 0 Å². The molecule has 106 valence electrons. The lowest BCUT2D eigenvalue weighted by Gasteiger charge is -2.13. The second-order valence-electron chi connectivity index (χ2n) is 4.30. The summed E-state index contributed by atoms with van der Waals surface area (Å²) in [6.07, 6.45) is -4.38. The van der Waals surface area contributed by atoms with Gasteiger partial charge in [0.05, 0.1) is 5.56 Å². The number of ether oxygens (including phenoxy) is 1. The van der Waals surface area contributed by atoms with Crippen molar-refractivity contribution >= 4 is 0 Å². The van der Waals surface area contributed by atoms with Gasteiger partial charge in [0.1, 0.15) is 12.4 Å².